The van der Waals surface area contributed by atoms with E-state index in [1.807, 2.05) is 12.1 Å². The van der Waals surface area contributed by atoms with Crippen molar-refractivity contribution in [2.45, 2.75) is 39.3 Å². The monoisotopic (exact) mass is 271 g/mol. The maximum absolute atomic E-state index is 5.91. The van der Waals surface area contributed by atoms with Gasteiger partial charge in [0.2, 0.25) is 0 Å². The van der Waals surface area contributed by atoms with Crippen LogP contribution in [0, 0.1) is 0 Å². The van der Waals surface area contributed by atoms with Crippen molar-refractivity contribution in [3.8, 4) is 17.1 Å². The Morgan fingerprint density at radius 3 is 2.95 bits per heavy atom. The molecule has 0 atom stereocenters. The van der Waals surface area contributed by atoms with Crippen molar-refractivity contribution >= 4 is 0 Å². The highest BCUT2D eigenvalue weighted by Gasteiger charge is 2.12. The molecule has 1 N–H and O–H groups in total. The maximum Gasteiger partial charge on any atom is 0.134 e. The molecule has 0 saturated heterocycles. The molecule has 20 heavy (non-hydrogen) atoms. The highest BCUT2D eigenvalue weighted by Crippen LogP contribution is 2.30. The normalized spacial score (nSPS) is 14.2. The summed E-state index contributed by atoms with van der Waals surface area (Å²) in [5.74, 6) is 2.93. The molecule has 0 unspecified atom stereocenters. The number of fused-ring (bicyclic) bond motifs is 1. The molecule has 0 bridgehead atoms. The molecule has 0 spiro atoms. The number of hydrogen-bond acceptors (Lipinski definition) is 3. The summed E-state index contributed by atoms with van der Waals surface area (Å²) in [4.78, 5) is 0. The Morgan fingerprint density at radius 2 is 2.10 bits per heavy atom. The molecule has 0 amide bonds. The van der Waals surface area contributed by atoms with Crippen LogP contribution in [-0.4, -0.2) is 12.6 Å². The molecule has 0 saturated carbocycles. The van der Waals surface area contributed by atoms with Gasteiger partial charge in [0.05, 0.1) is 13.2 Å². The number of benzene rings is 1. The average molecular weight is 271 g/mol. The van der Waals surface area contributed by atoms with E-state index in [1.54, 1.807) is 0 Å². The fourth-order valence-electron chi connectivity index (χ4n) is 2.45. The van der Waals surface area contributed by atoms with Crippen LogP contribution in [0.5, 0.6) is 5.75 Å². The van der Waals surface area contributed by atoms with Crippen LogP contribution in [-0.2, 0) is 13.0 Å². The Balaban J connectivity index is 1.79. The molecule has 0 fully saturated rings. The van der Waals surface area contributed by atoms with Crippen molar-refractivity contribution in [3.63, 3.8) is 0 Å². The zero-order valence-electron chi connectivity index (χ0n) is 12.1. The minimum Gasteiger partial charge on any atom is -0.493 e. The third-order valence-electron chi connectivity index (χ3n) is 3.54. The highest BCUT2D eigenvalue weighted by atomic mass is 16.5. The Bertz CT molecular complexity index is 586. The molecule has 0 aliphatic carbocycles. The van der Waals surface area contributed by atoms with Crippen molar-refractivity contribution in [1.29, 1.82) is 0 Å². The van der Waals surface area contributed by atoms with E-state index in [2.05, 4.69) is 37.4 Å². The first-order chi connectivity index (χ1) is 9.72. The quantitative estimate of drug-likeness (QED) is 0.919. The SMILES string of the molecule is CC(C)NCc1ccc(-c2ccc3c(c2)CCCO3)o1. The lowest BCUT2D eigenvalue weighted by molar-refractivity contribution is 0.288. The number of aryl methyl sites for hydroxylation is 1. The predicted octanol–water partition coefficient (Wildman–Crippen LogP) is 3.77. The Kier molecular flexibility index (Phi) is 3.79. The molecular formula is C17H21NO2. The van der Waals surface area contributed by atoms with Gasteiger partial charge in [-0.15, -0.1) is 0 Å². The van der Waals surface area contributed by atoms with Crippen molar-refractivity contribution < 1.29 is 9.15 Å². The molecular weight excluding hydrogens is 250 g/mol. The molecule has 2 heterocycles. The lowest BCUT2D eigenvalue weighted by Gasteiger charge is -2.17. The van der Waals surface area contributed by atoms with E-state index in [9.17, 15) is 0 Å². The zero-order valence-corrected chi connectivity index (χ0v) is 12.1. The van der Waals surface area contributed by atoms with Gasteiger partial charge < -0.3 is 14.5 Å². The van der Waals surface area contributed by atoms with Gasteiger partial charge in [0, 0.05) is 11.6 Å². The topological polar surface area (TPSA) is 34.4 Å². The van der Waals surface area contributed by atoms with Crippen LogP contribution in [0.15, 0.2) is 34.7 Å². The van der Waals surface area contributed by atoms with Gasteiger partial charge in [-0.1, -0.05) is 13.8 Å². The Hall–Kier alpha value is -1.74. The van der Waals surface area contributed by atoms with Gasteiger partial charge in [-0.3, -0.25) is 0 Å². The van der Waals surface area contributed by atoms with Crippen molar-refractivity contribution in [2.24, 2.45) is 0 Å². The second-order valence-electron chi connectivity index (χ2n) is 5.58. The van der Waals surface area contributed by atoms with Gasteiger partial charge in [-0.2, -0.15) is 0 Å². The van der Waals surface area contributed by atoms with E-state index >= 15 is 0 Å². The van der Waals surface area contributed by atoms with Crippen molar-refractivity contribution in [1.82, 2.24) is 5.32 Å². The van der Waals surface area contributed by atoms with E-state index in [-0.39, 0.29) is 0 Å². The van der Waals surface area contributed by atoms with Crippen LogP contribution >= 0.6 is 0 Å². The number of hydrogen-bond donors (Lipinski definition) is 1. The van der Waals surface area contributed by atoms with Crippen LogP contribution in [0.25, 0.3) is 11.3 Å². The van der Waals surface area contributed by atoms with Crippen LogP contribution in [0.3, 0.4) is 0 Å². The number of furan rings is 1. The number of rotatable bonds is 4. The standard InChI is InChI=1S/C17H21NO2/c1-12(2)18-11-15-6-8-17(20-15)14-5-7-16-13(10-14)4-3-9-19-16/h5-8,10,12,18H,3-4,9,11H2,1-2H3. The first-order valence-electron chi connectivity index (χ1n) is 7.30. The van der Waals surface area contributed by atoms with Crippen molar-refractivity contribution in [3.05, 3.63) is 41.7 Å². The van der Waals surface area contributed by atoms with Crippen molar-refractivity contribution in [2.75, 3.05) is 6.61 Å². The minimum atomic E-state index is 0.462. The molecule has 3 nitrogen and oxygen atoms in total. The summed E-state index contributed by atoms with van der Waals surface area (Å²) < 4.78 is 11.6. The lowest BCUT2D eigenvalue weighted by atomic mass is 10.0. The maximum atomic E-state index is 5.91. The summed E-state index contributed by atoms with van der Waals surface area (Å²) >= 11 is 0. The molecule has 106 valence electrons. The minimum absolute atomic E-state index is 0.462. The van der Waals surface area contributed by atoms with Gasteiger partial charge in [-0.25, -0.2) is 0 Å². The fourth-order valence-corrected chi connectivity index (χ4v) is 2.45. The predicted molar refractivity (Wildman–Crippen MR) is 79.9 cm³/mol. The lowest BCUT2D eigenvalue weighted by Crippen LogP contribution is -2.21. The van der Waals surface area contributed by atoms with Crippen LogP contribution in [0.2, 0.25) is 0 Å². The van der Waals surface area contributed by atoms with Gasteiger partial charge >= 0.3 is 0 Å². The average Bonchev–Trinajstić information content (AvgIpc) is 2.93. The van der Waals surface area contributed by atoms with Gasteiger partial charge in [-0.05, 0) is 48.7 Å². The fraction of sp³-hybridized carbons (Fsp3) is 0.412. The first-order valence-corrected chi connectivity index (χ1v) is 7.30. The van der Waals surface area contributed by atoms with E-state index in [1.165, 1.54) is 5.56 Å². The van der Waals surface area contributed by atoms with Crippen LogP contribution in [0.4, 0.5) is 0 Å². The molecule has 1 aliphatic rings. The van der Waals surface area contributed by atoms with Crippen LogP contribution < -0.4 is 10.1 Å². The highest BCUT2D eigenvalue weighted by molar-refractivity contribution is 5.61. The van der Waals surface area contributed by atoms with Crippen LogP contribution in [0.1, 0.15) is 31.6 Å². The number of ether oxygens (including phenoxy) is 1. The summed E-state index contributed by atoms with van der Waals surface area (Å²) in [5.41, 5.74) is 2.41. The number of nitrogens with one attached hydrogen (secondary N) is 1. The second kappa shape index (κ2) is 5.71. The van der Waals surface area contributed by atoms with Gasteiger partial charge in [0.15, 0.2) is 0 Å². The molecule has 1 aromatic heterocycles. The largest absolute Gasteiger partial charge is 0.493 e. The summed E-state index contributed by atoms with van der Waals surface area (Å²) in [5, 5.41) is 3.36. The summed E-state index contributed by atoms with van der Waals surface area (Å²) in [7, 11) is 0. The van der Waals surface area contributed by atoms with E-state index < -0.39 is 0 Å². The van der Waals surface area contributed by atoms with Gasteiger partial charge in [0.25, 0.3) is 0 Å². The zero-order chi connectivity index (χ0) is 13.9. The Labute approximate surface area is 119 Å². The van der Waals surface area contributed by atoms with Gasteiger partial charge in [0.1, 0.15) is 17.3 Å². The molecule has 0 radical (unpaired) electrons. The third kappa shape index (κ3) is 2.88. The Morgan fingerprint density at radius 1 is 1.20 bits per heavy atom. The molecule has 3 heteroatoms. The smallest absolute Gasteiger partial charge is 0.134 e. The molecule has 1 aromatic carbocycles. The second-order valence-corrected chi connectivity index (χ2v) is 5.58. The van der Waals surface area contributed by atoms with E-state index in [4.69, 9.17) is 9.15 Å². The summed E-state index contributed by atoms with van der Waals surface area (Å²) in [6.07, 6.45) is 2.18. The van der Waals surface area contributed by atoms with E-state index in [0.717, 1.165) is 48.8 Å². The molecule has 1 aliphatic heterocycles. The first kappa shape index (κ1) is 13.3. The van der Waals surface area contributed by atoms with E-state index in [0.29, 0.717) is 6.04 Å². The third-order valence-corrected chi connectivity index (χ3v) is 3.54. The molecule has 3 rings (SSSR count). The summed E-state index contributed by atoms with van der Waals surface area (Å²) in [6, 6.07) is 10.9. The summed E-state index contributed by atoms with van der Waals surface area (Å²) in [6.45, 7) is 5.87. The molecule has 2 aromatic rings.